The molecule has 0 saturated carbocycles. The van der Waals surface area contributed by atoms with Crippen molar-refractivity contribution in [3.63, 3.8) is 0 Å². The van der Waals surface area contributed by atoms with Crippen molar-refractivity contribution < 1.29 is 14.6 Å². The Morgan fingerprint density at radius 2 is 2.28 bits per heavy atom. The van der Waals surface area contributed by atoms with Crippen molar-refractivity contribution in [2.45, 2.75) is 25.3 Å². The van der Waals surface area contributed by atoms with Crippen LogP contribution in [0.4, 0.5) is 0 Å². The molecule has 98 valence electrons. The lowest BCUT2D eigenvalue weighted by Crippen LogP contribution is -2.32. The molecule has 2 N–H and O–H groups in total. The van der Waals surface area contributed by atoms with Crippen LogP contribution in [0.15, 0.2) is 24.3 Å². The molecule has 1 heterocycles. The monoisotopic (exact) mass is 249 g/mol. The Balaban J connectivity index is 2.10. The van der Waals surface area contributed by atoms with Crippen LogP contribution < -0.4 is 10.1 Å². The number of piperidine rings is 1. The summed E-state index contributed by atoms with van der Waals surface area (Å²) in [5, 5.41) is 12.3. The summed E-state index contributed by atoms with van der Waals surface area (Å²) >= 11 is 0. The number of hydrogen-bond acceptors (Lipinski definition) is 3. The minimum atomic E-state index is -0.708. The van der Waals surface area contributed by atoms with E-state index in [-0.39, 0.29) is 18.4 Å². The second kappa shape index (κ2) is 5.87. The fourth-order valence-corrected chi connectivity index (χ4v) is 2.62. The minimum Gasteiger partial charge on any atom is -0.496 e. The van der Waals surface area contributed by atoms with Gasteiger partial charge in [-0.2, -0.15) is 0 Å². The van der Waals surface area contributed by atoms with Crippen molar-refractivity contribution in [3.8, 4) is 5.75 Å². The molecule has 1 aliphatic heterocycles. The molecule has 4 heteroatoms. The molecular weight excluding hydrogens is 230 g/mol. The van der Waals surface area contributed by atoms with Gasteiger partial charge in [0.1, 0.15) is 5.75 Å². The highest BCUT2D eigenvalue weighted by molar-refractivity contribution is 5.67. The van der Waals surface area contributed by atoms with E-state index in [4.69, 9.17) is 9.84 Å². The van der Waals surface area contributed by atoms with Gasteiger partial charge < -0.3 is 15.2 Å². The smallest absolute Gasteiger partial charge is 0.303 e. The molecule has 2 unspecified atom stereocenters. The summed E-state index contributed by atoms with van der Waals surface area (Å²) in [6, 6.07) is 8.11. The zero-order valence-electron chi connectivity index (χ0n) is 10.6. The molecule has 1 saturated heterocycles. The Morgan fingerprint density at radius 3 is 3.00 bits per heavy atom. The minimum absolute atomic E-state index is 0.194. The van der Waals surface area contributed by atoms with E-state index in [1.165, 1.54) is 0 Å². The molecule has 0 bridgehead atoms. The molecule has 0 spiro atoms. The standard InChI is InChI=1S/C14H19NO3/c1-18-13-5-3-2-4-11(13)12-8-10(6-7-15-12)9-14(16)17/h2-5,10,12,15H,6-9H2,1H3,(H,16,17). The first kappa shape index (κ1) is 12.9. The maximum atomic E-state index is 10.8. The summed E-state index contributed by atoms with van der Waals surface area (Å²) < 4.78 is 5.36. The highest BCUT2D eigenvalue weighted by atomic mass is 16.5. The number of aliphatic carboxylic acids is 1. The second-order valence-corrected chi connectivity index (χ2v) is 4.74. The zero-order chi connectivity index (χ0) is 13.0. The molecule has 0 amide bonds. The van der Waals surface area contributed by atoms with E-state index < -0.39 is 5.97 Å². The van der Waals surface area contributed by atoms with E-state index in [9.17, 15) is 4.79 Å². The van der Waals surface area contributed by atoms with Gasteiger partial charge in [-0.25, -0.2) is 0 Å². The zero-order valence-corrected chi connectivity index (χ0v) is 10.6. The van der Waals surface area contributed by atoms with Crippen LogP contribution in [0, 0.1) is 5.92 Å². The van der Waals surface area contributed by atoms with Crippen molar-refractivity contribution >= 4 is 5.97 Å². The summed E-state index contributed by atoms with van der Waals surface area (Å²) in [5.41, 5.74) is 1.12. The first-order valence-electron chi connectivity index (χ1n) is 6.28. The summed E-state index contributed by atoms with van der Waals surface area (Å²) in [4.78, 5) is 10.8. The highest BCUT2D eigenvalue weighted by Gasteiger charge is 2.25. The fraction of sp³-hybridized carbons (Fsp3) is 0.500. The molecule has 2 rings (SSSR count). The predicted molar refractivity (Wildman–Crippen MR) is 68.7 cm³/mol. The van der Waals surface area contributed by atoms with Crippen molar-refractivity contribution in [3.05, 3.63) is 29.8 Å². The summed E-state index contributed by atoms with van der Waals surface area (Å²) in [6.45, 7) is 0.862. The number of carboxylic acid groups (broad SMARTS) is 1. The van der Waals surface area contributed by atoms with Gasteiger partial charge in [0, 0.05) is 18.0 Å². The molecule has 1 fully saturated rings. The van der Waals surface area contributed by atoms with E-state index in [0.29, 0.717) is 0 Å². The van der Waals surface area contributed by atoms with Crippen molar-refractivity contribution in [2.24, 2.45) is 5.92 Å². The Bertz CT molecular complexity index is 419. The summed E-state index contributed by atoms with van der Waals surface area (Å²) in [5.74, 6) is 0.408. The topological polar surface area (TPSA) is 58.6 Å². The molecular formula is C14H19NO3. The number of nitrogens with one attached hydrogen (secondary N) is 1. The van der Waals surface area contributed by atoms with Gasteiger partial charge >= 0.3 is 5.97 Å². The molecule has 0 radical (unpaired) electrons. The Hall–Kier alpha value is -1.55. The van der Waals surface area contributed by atoms with Gasteiger partial charge in [0.05, 0.1) is 7.11 Å². The van der Waals surface area contributed by atoms with E-state index in [2.05, 4.69) is 5.32 Å². The van der Waals surface area contributed by atoms with Crippen LogP contribution in [0.25, 0.3) is 0 Å². The maximum Gasteiger partial charge on any atom is 0.303 e. The summed E-state index contributed by atoms with van der Waals surface area (Å²) in [6.07, 6.45) is 2.04. The highest BCUT2D eigenvalue weighted by Crippen LogP contribution is 2.33. The lowest BCUT2D eigenvalue weighted by atomic mass is 9.86. The van der Waals surface area contributed by atoms with E-state index in [0.717, 1.165) is 30.7 Å². The van der Waals surface area contributed by atoms with Crippen molar-refractivity contribution in [2.75, 3.05) is 13.7 Å². The first-order valence-corrected chi connectivity index (χ1v) is 6.28. The van der Waals surface area contributed by atoms with Gasteiger partial charge in [-0.3, -0.25) is 4.79 Å². The lowest BCUT2D eigenvalue weighted by molar-refractivity contribution is -0.138. The maximum absolute atomic E-state index is 10.8. The van der Waals surface area contributed by atoms with Gasteiger partial charge in [-0.15, -0.1) is 0 Å². The van der Waals surface area contributed by atoms with E-state index in [1.54, 1.807) is 7.11 Å². The third kappa shape index (κ3) is 3.01. The molecule has 0 aliphatic carbocycles. The molecule has 0 aromatic heterocycles. The largest absolute Gasteiger partial charge is 0.496 e. The first-order chi connectivity index (χ1) is 8.70. The van der Waals surface area contributed by atoms with Gasteiger partial charge in [0.15, 0.2) is 0 Å². The number of methoxy groups -OCH3 is 1. The second-order valence-electron chi connectivity index (χ2n) is 4.74. The van der Waals surface area contributed by atoms with Crippen LogP contribution >= 0.6 is 0 Å². The van der Waals surface area contributed by atoms with Crippen LogP contribution in [-0.4, -0.2) is 24.7 Å². The summed E-state index contributed by atoms with van der Waals surface area (Å²) in [7, 11) is 1.66. The molecule has 1 aliphatic rings. The molecule has 1 aromatic rings. The number of para-hydroxylation sites is 1. The predicted octanol–water partition coefficient (Wildman–Crippen LogP) is 2.21. The molecule has 4 nitrogen and oxygen atoms in total. The normalized spacial score (nSPS) is 23.6. The lowest BCUT2D eigenvalue weighted by Gasteiger charge is -2.30. The Kier molecular flexibility index (Phi) is 4.20. The Labute approximate surface area is 107 Å². The van der Waals surface area contributed by atoms with Crippen molar-refractivity contribution in [1.29, 1.82) is 0 Å². The average Bonchev–Trinajstić information content (AvgIpc) is 2.38. The van der Waals surface area contributed by atoms with Gasteiger partial charge in [0.2, 0.25) is 0 Å². The fourth-order valence-electron chi connectivity index (χ4n) is 2.62. The number of benzene rings is 1. The van der Waals surface area contributed by atoms with Crippen LogP contribution in [-0.2, 0) is 4.79 Å². The van der Waals surface area contributed by atoms with Gasteiger partial charge in [-0.1, -0.05) is 18.2 Å². The quantitative estimate of drug-likeness (QED) is 0.859. The van der Waals surface area contributed by atoms with Gasteiger partial charge in [0.25, 0.3) is 0 Å². The number of ether oxygens (including phenoxy) is 1. The number of hydrogen-bond donors (Lipinski definition) is 2. The van der Waals surface area contributed by atoms with Crippen LogP contribution in [0.1, 0.15) is 30.9 Å². The van der Waals surface area contributed by atoms with E-state index in [1.807, 2.05) is 24.3 Å². The number of carbonyl (C=O) groups is 1. The molecule has 2 atom stereocenters. The van der Waals surface area contributed by atoms with Crippen LogP contribution in [0.3, 0.4) is 0 Å². The van der Waals surface area contributed by atoms with E-state index >= 15 is 0 Å². The third-order valence-corrected chi connectivity index (χ3v) is 3.49. The molecule has 18 heavy (non-hydrogen) atoms. The number of carboxylic acids is 1. The van der Waals surface area contributed by atoms with Gasteiger partial charge in [-0.05, 0) is 31.4 Å². The number of rotatable bonds is 4. The molecule has 1 aromatic carbocycles. The van der Waals surface area contributed by atoms with Crippen LogP contribution in [0.5, 0.6) is 5.75 Å². The SMILES string of the molecule is COc1ccccc1C1CC(CC(=O)O)CCN1. The Morgan fingerprint density at radius 1 is 1.50 bits per heavy atom. The van der Waals surface area contributed by atoms with Crippen molar-refractivity contribution in [1.82, 2.24) is 5.32 Å². The average molecular weight is 249 g/mol. The third-order valence-electron chi connectivity index (χ3n) is 3.49. The van der Waals surface area contributed by atoms with Crippen LogP contribution in [0.2, 0.25) is 0 Å².